The van der Waals surface area contributed by atoms with Gasteiger partial charge in [0.05, 0.1) is 17.8 Å². The Labute approximate surface area is 168 Å². The molecule has 1 fully saturated rings. The van der Waals surface area contributed by atoms with Crippen LogP contribution in [0, 0.1) is 5.92 Å². The molecule has 0 spiro atoms. The molecule has 0 bridgehead atoms. The summed E-state index contributed by atoms with van der Waals surface area (Å²) in [5, 5.41) is 27.9. The predicted molar refractivity (Wildman–Crippen MR) is 104 cm³/mol. The average Bonchev–Trinajstić information content (AvgIpc) is 3.19. The van der Waals surface area contributed by atoms with Gasteiger partial charge in [-0.1, -0.05) is 19.1 Å². The van der Waals surface area contributed by atoms with Crippen molar-refractivity contribution in [3.05, 3.63) is 42.6 Å². The largest absolute Gasteiger partial charge is 0.446 e. The summed E-state index contributed by atoms with van der Waals surface area (Å²) in [5.41, 5.74) is -2.82. The lowest BCUT2D eigenvalue weighted by atomic mass is 10.1. The second-order valence-electron chi connectivity index (χ2n) is 7.15. The highest BCUT2D eigenvalue weighted by molar-refractivity contribution is 8.00. The number of hydrogen-bond donors (Lipinski definition) is 3. The Morgan fingerprint density at radius 3 is 2.66 bits per heavy atom. The van der Waals surface area contributed by atoms with E-state index in [-0.39, 0.29) is 28.6 Å². The third-order valence-electron chi connectivity index (χ3n) is 5.03. The first-order valence-electron chi connectivity index (χ1n) is 9.05. The predicted octanol–water partition coefficient (Wildman–Crippen LogP) is 3.55. The monoisotopic (exact) mass is 424 g/mol. The first kappa shape index (κ1) is 20.0. The Hall–Kier alpha value is -2.30. The average molecular weight is 424 g/mol. The molecule has 29 heavy (non-hydrogen) atoms. The van der Waals surface area contributed by atoms with Gasteiger partial charge in [-0.2, -0.15) is 22.8 Å². The van der Waals surface area contributed by atoms with Crippen LogP contribution in [-0.4, -0.2) is 48.6 Å². The minimum atomic E-state index is -4.36. The Morgan fingerprint density at radius 2 is 1.97 bits per heavy atom. The molecule has 0 unspecified atom stereocenters. The minimum absolute atomic E-state index is 0.0399. The molecule has 0 amide bonds. The third kappa shape index (κ3) is 4.19. The molecule has 6 nitrogen and oxygen atoms in total. The zero-order valence-corrected chi connectivity index (χ0v) is 16.2. The highest BCUT2D eigenvalue weighted by Gasteiger charge is 2.39. The van der Waals surface area contributed by atoms with Crippen LogP contribution in [0.1, 0.15) is 13.3 Å². The lowest BCUT2D eigenvalue weighted by molar-refractivity contribution is -0.0328. The Kier molecular flexibility index (Phi) is 5.18. The van der Waals surface area contributed by atoms with E-state index in [9.17, 15) is 23.4 Å². The summed E-state index contributed by atoms with van der Waals surface area (Å²) in [6, 6.07) is 9.12. The van der Waals surface area contributed by atoms with E-state index in [0.29, 0.717) is 29.1 Å². The summed E-state index contributed by atoms with van der Waals surface area (Å²) in [5.74, 6) is 0.536. The zero-order chi connectivity index (χ0) is 20.8. The maximum Gasteiger partial charge on any atom is 0.446 e. The van der Waals surface area contributed by atoms with Gasteiger partial charge in [0.1, 0.15) is 11.9 Å². The van der Waals surface area contributed by atoms with Gasteiger partial charge in [0, 0.05) is 22.7 Å². The summed E-state index contributed by atoms with van der Waals surface area (Å²) >= 11 is -0.173. The zero-order valence-electron chi connectivity index (χ0n) is 15.3. The number of alkyl halides is 3. The summed E-state index contributed by atoms with van der Waals surface area (Å²) in [6.45, 7) is 1.87. The fourth-order valence-corrected chi connectivity index (χ4v) is 4.19. The van der Waals surface area contributed by atoms with Crippen molar-refractivity contribution in [2.45, 2.75) is 42.0 Å². The number of benzene rings is 1. The van der Waals surface area contributed by atoms with Gasteiger partial charge in [0.25, 0.3) is 0 Å². The van der Waals surface area contributed by atoms with Crippen LogP contribution in [-0.2, 0) is 0 Å². The minimum Gasteiger partial charge on any atom is -0.390 e. The van der Waals surface area contributed by atoms with Gasteiger partial charge in [0.2, 0.25) is 0 Å². The van der Waals surface area contributed by atoms with Gasteiger partial charge in [-0.25, -0.2) is 4.98 Å². The van der Waals surface area contributed by atoms with Gasteiger partial charge in [-0.3, -0.25) is 0 Å². The quantitative estimate of drug-likeness (QED) is 0.556. The number of aliphatic hydroxyl groups is 2. The number of anilines is 1. The normalized spacial score (nSPS) is 24.9. The molecule has 0 aliphatic heterocycles. The van der Waals surface area contributed by atoms with Gasteiger partial charge in [-0.15, -0.1) is 0 Å². The van der Waals surface area contributed by atoms with E-state index in [1.165, 1.54) is 12.1 Å². The van der Waals surface area contributed by atoms with Crippen molar-refractivity contribution in [3.63, 3.8) is 0 Å². The van der Waals surface area contributed by atoms with Gasteiger partial charge in [0.15, 0.2) is 5.65 Å². The van der Waals surface area contributed by atoms with E-state index in [2.05, 4.69) is 15.4 Å². The molecular formula is C19H19F3N4O2S. The Bertz CT molecular complexity index is 1030. The van der Waals surface area contributed by atoms with E-state index in [0.717, 1.165) is 0 Å². The molecule has 2 aromatic heterocycles. The molecule has 4 rings (SSSR count). The smallest absolute Gasteiger partial charge is 0.390 e. The molecule has 1 aliphatic rings. The molecular weight excluding hydrogens is 405 g/mol. The summed E-state index contributed by atoms with van der Waals surface area (Å²) in [7, 11) is 0. The van der Waals surface area contributed by atoms with Crippen LogP contribution in [0.5, 0.6) is 0 Å². The maximum absolute atomic E-state index is 12.7. The van der Waals surface area contributed by atoms with Crippen molar-refractivity contribution in [1.29, 1.82) is 0 Å². The van der Waals surface area contributed by atoms with Gasteiger partial charge >= 0.3 is 5.51 Å². The van der Waals surface area contributed by atoms with Crippen molar-refractivity contribution >= 4 is 23.2 Å². The van der Waals surface area contributed by atoms with Crippen molar-refractivity contribution < 1.29 is 23.4 Å². The number of thioether (sulfide) groups is 1. The van der Waals surface area contributed by atoms with Crippen molar-refractivity contribution in [2.75, 3.05) is 5.32 Å². The van der Waals surface area contributed by atoms with Crippen molar-refractivity contribution in [3.8, 4) is 11.3 Å². The van der Waals surface area contributed by atoms with Crippen LogP contribution in [0.4, 0.5) is 19.0 Å². The molecule has 2 heterocycles. The molecule has 3 aromatic rings. The summed E-state index contributed by atoms with van der Waals surface area (Å²) in [4.78, 5) is 4.34. The van der Waals surface area contributed by atoms with Crippen LogP contribution >= 0.6 is 11.8 Å². The number of nitrogens with zero attached hydrogens (tertiary/aromatic N) is 3. The Morgan fingerprint density at radius 1 is 1.17 bits per heavy atom. The van der Waals surface area contributed by atoms with Gasteiger partial charge < -0.3 is 15.5 Å². The van der Waals surface area contributed by atoms with E-state index in [1.54, 1.807) is 35.0 Å². The molecule has 0 saturated heterocycles. The topological polar surface area (TPSA) is 82.7 Å². The molecule has 3 N–H and O–H groups in total. The number of halogens is 3. The van der Waals surface area contributed by atoms with Gasteiger partial charge in [-0.05, 0) is 42.3 Å². The molecule has 1 saturated carbocycles. The van der Waals surface area contributed by atoms with E-state index < -0.39 is 17.7 Å². The van der Waals surface area contributed by atoms with Crippen LogP contribution in [0.3, 0.4) is 0 Å². The number of fused-ring (bicyclic) bond motifs is 1. The number of aliphatic hydroxyl groups excluding tert-OH is 2. The second-order valence-corrected chi connectivity index (χ2v) is 8.29. The maximum atomic E-state index is 12.7. The van der Waals surface area contributed by atoms with Crippen LogP contribution < -0.4 is 5.32 Å². The highest BCUT2D eigenvalue weighted by atomic mass is 32.2. The lowest BCUT2D eigenvalue weighted by Gasteiger charge is -2.19. The van der Waals surface area contributed by atoms with Crippen molar-refractivity contribution in [2.24, 2.45) is 5.92 Å². The summed E-state index contributed by atoms with van der Waals surface area (Å²) in [6.07, 6.45) is 0.475. The molecule has 0 radical (unpaired) electrons. The number of rotatable bonds is 4. The number of aromatic nitrogens is 3. The molecule has 154 valence electrons. The van der Waals surface area contributed by atoms with E-state index >= 15 is 0 Å². The van der Waals surface area contributed by atoms with Crippen LogP contribution in [0.25, 0.3) is 16.9 Å². The summed E-state index contributed by atoms with van der Waals surface area (Å²) < 4.78 is 39.5. The van der Waals surface area contributed by atoms with E-state index in [1.807, 2.05) is 6.92 Å². The molecule has 4 atom stereocenters. The fourth-order valence-electron chi connectivity index (χ4n) is 3.59. The van der Waals surface area contributed by atoms with Crippen LogP contribution in [0.2, 0.25) is 0 Å². The highest BCUT2D eigenvalue weighted by Crippen LogP contribution is 2.38. The van der Waals surface area contributed by atoms with E-state index in [4.69, 9.17) is 0 Å². The molecule has 10 heteroatoms. The van der Waals surface area contributed by atoms with Crippen LogP contribution in [0.15, 0.2) is 47.5 Å². The fraction of sp³-hybridized carbons (Fsp3) is 0.368. The Balaban J connectivity index is 1.64. The number of nitrogens with one attached hydrogen (secondary N) is 1. The first-order valence-corrected chi connectivity index (χ1v) is 9.86. The van der Waals surface area contributed by atoms with Crippen molar-refractivity contribution in [1.82, 2.24) is 14.6 Å². The number of hydrogen-bond acceptors (Lipinski definition) is 6. The molecule has 1 aliphatic carbocycles. The first-order chi connectivity index (χ1) is 13.7. The standard InChI is InChI=1S/C19H19F3N4O2S/c1-10-7-14(18(28)17(10)27)24-15-5-6-23-16-9-13(25-26(15)16)11-3-2-4-12(8-11)29-19(20,21)22/h2-6,8-10,14,17-18,24,27-28H,7H2,1H3/t10-,14-,17-,18+/m1/s1. The lowest BCUT2D eigenvalue weighted by Crippen LogP contribution is -2.35. The SMILES string of the molecule is C[C@@H]1C[C@@H](Nc2ccnc3cc(-c4cccc(SC(F)(F)F)c4)nn23)[C@H](O)[C@@H]1O. The third-order valence-corrected chi connectivity index (χ3v) is 5.75. The second kappa shape index (κ2) is 7.51. The molecule has 1 aromatic carbocycles.